The van der Waals surface area contributed by atoms with Crippen LogP contribution in [0.25, 0.3) is 0 Å². The van der Waals surface area contributed by atoms with E-state index in [0.717, 1.165) is 28.4 Å². The predicted octanol–water partition coefficient (Wildman–Crippen LogP) is 3.54. The first-order valence-electron chi connectivity index (χ1n) is 7.36. The number of morpholine rings is 1. The Balaban J connectivity index is 1.87. The molecule has 0 spiro atoms. The van der Waals surface area contributed by atoms with Crippen molar-refractivity contribution in [1.29, 1.82) is 0 Å². The molecule has 1 saturated heterocycles. The van der Waals surface area contributed by atoms with E-state index in [4.69, 9.17) is 4.74 Å². The van der Waals surface area contributed by atoms with Gasteiger partial charge in [-0.25, -0.2) is 0 Å². The molecule has 108 valence electrons. The van der Waals surface area contributed by atoms with Crippen LogP contribution in [-0.2, 0) is 4.74 Å². The Morgan fingerprint density at radius 2 is 2.15 bits per heavy atom. The summed E-state index contributed by atoms with van der Waals surface area (Å²) in [4.78, 5) is 14.9. The van der Waals surface area contributed by atoms with Gasteiger partial charge in [0, 0.05) is 16.6 Å². The van der Waals surface area contributed by atoms with Crippen LogP contribution in [0.3, 0.4) is 0 Å². The van der Waals surface area contributed by atoms with E-state index in [2.05, 4.69) is 15.9 Å². The smallest absolute Gasteiger partial charge is 0.254 e. The number of rotatable bonds is 1. The van der Waals surface area contributed by atoms with Gasteiger partial charge in [-0.3, -0.25) is 4.79 Å². The number of benzene rings is 1. The van der Waals surface area contributed by atoms with Crippen molar-refractivity contribution in [3.63, 3.8) is 0 Å². The molecule has 20 heavy (non-hydrogen) atoms. The zero-order chi connectivity index (χ0) is 14.1. The molecular weight excluding hydrogens is 318 g/mol. The highest BCUT2D eigenvalue weighted by atomic mass is 79.9. The molecule has 1 aromatic rings. The molecule has 1 aliphatic carbocycles. The predicted molar refractivity (Wildman–Crippen MR) is 81.9 cm³/mol. The van der Waals surface area contributed by atoms with Crippen LogP contribution in [0, 0.1) is 6.92 Å². The van der Waals surface area contributed by atoms with Crippen molar-refractivity contribution in [3.8, 4) is 0 Å². The summed E-state index contributed by atoms with van der Waals surface area (Å²) < 4.78 is 6.85. The van der Waals surface area contributed by atoms with Gasteiger partial charge < -0.3 is 9.64 Å². The van der Waals surface area contributed by atoms with E-state index in [1.165, 1.54) is 12.8 Å². The van der Waals surface area contributed by atoms with Gasteiger partial charge in [0.25, 0.3) is 5.91 Å². The van der Waals surface area contributed by atoms with Crippen molar-refractivity contribution in [3.05, 3.63) is 33.8 Å². The van der Waals surface area contributed by atoms with Crippen molar-refractivity contribution in [2.45, 2.75) is 44.8 Å². The molecule has 0 bridgehead atoms. The van der Waals surface area contributed by atoms with Crippen molar-refractivity contribution < 1.29 is 9.53 Å². The summed E-state index contributed by atoms with van der Waals surface area (Å²) in [6.45, 7) is 3.38. The summed E-state index contributed by atoms with van der Waals surface area (Å²) in [5.41, 5.74) is 1.84. The van der Waals surface area contributed by atoms with Crippen LogP contribution in [0.2, 0.25) is 0 Å². The molecule has 0 N–H and O–H groups in total. The minimum atomic E-state index is 0.156. The normalized spacial score (nSPS) is 26.2. The number of carbonyl (C=O) groups excluding carboxylic acids is 1. The first-order chi connectivity index (χ1) is 9.68. The summed E-state index contributed by atoms with van der Waals surface area (Å²) in [7, 11) is 0. The molecule has 0 radical (unpaired) electrons. The van der Waals surface area contributed by atoms with Gasteiger partial charge in [-0.05, 0) is 37.5 Å². The topological polar surface area (TPSA) is 29.5 Å². The lowest BCUT2D eigenvalue weighted by Crippen LogP contribution is -2.54. The summed E-state index contributed by atoms with van der Waals surface area (Å²) in [6, 6.07) is 6.11. The maximum absolute atomic E-state index is 12.9. The molecule has 1 aromatic carbocycles. The van der Waals surface area contributed by atoms with Crippen LogP contribution in [0.4, 0.5) is 0 Å². The number of ether oxygens (including phenoxy) is 1. The van der Waals surface area contributed by atoms with E-state index in [1.54, 1.807) is 0 Å². The van der Waals surface area contributed by atoms with E-state index >= 15 is 0 Å². The highest BCUT2D eigenvalue weighted by molar-refractivity contribution is 9.10. The Labute approximate surface area is 128 Å². The van der Waals surface area contributed by atoms with Gasteiger partial charge in [0.1, 0.15) is 0 Å². The number of nitrogens with zero attached hydrogens (tertiary/aromatic N) is 1. The second-order valence-electron chi connectivity index (χ2n) is 5.67. The molecule has 4 heteroatoms. The van der Waals surface area contributed by atoms with Crippen LogP contribution in [0.5, 0.6) is 0 Å². The zero-order valence-corrected chi connectivity index (χ0v) is 13.4. The van der Waals surface area contributed by atoms with Crippen LogP contribution in [-0.4, -0.2) is 36.1 Å². The minimum Gasteiger partial charge on any atom is -0.374 e. The highest BCUT2D eigenvalue weighted by Gasteiger charge is 2.37. The molecule has 3 nitrogen and oxygen atoms in total. The Bertz CT molecular complexity index is 515. The monoisotopic (exact) mass is 337 g/mol. The quantitative estimate of drug-likeness (QED) is 0.784. The standard InChI is InChI=1S/C16H20BrNO2/c1-11-12(5-4-6-13(11)17)16(19)18-9-10-20-15-8-3-2-7-14(15)18/h4-6,14-15H,2-3,7-10H2,1H3. The highest BCUT2D eigenvalue weighted by Crippen LogP contribution is 2.30. The Morgan fingerprint density at radius 3 is 3.00 bits per heavy atom. The summed E-state index contributed by atoms with van der Waals surface area (Å²) in [5.74, 6) is 0.156. The first kappa shape index (κ1) is 14.1. The van der Waals surface area contributed by atoms with Gasteiger partial charge in [0.05, 0.1) is 18.8 Å². The SMILES string of the molecule is Cc1c(Br)cccc1C(=O)N1CCOC2CCCCC21. The average Bonchev–Trinajstić information content (AvgIpc) is 2.49. The molecule has 2 aliphatic rings. The molecule has 2 atom stereocenters. The number of fused-ring (bicyclic) bond motifs is 1. The second-order valence-corrected chi connectivity index (χ2v) is 6.53. The lowest BCUT2D eigenvalue weighted by atomic mass is 9.89. The second kappa shape index (κ2) is 5.86. The average molecular weight is 338 g/mol. The lowest BCUT2D eigenvalue weighted by molar-refractivity contribution is -0.0753. The molecule has 1 amide bonds. The Morgan fingerprint density at radius 1 is 1.35 bits per heavy atom. The molecule has 1 heterocycles. The zero-order valence-electron chi connectivity index (χ0n) is 11.8. The van der Waals surface area contributed by atoms with E-state index in [9.17, 15) is 4.79 Å². The van der Waals surface area contributed by atoms with Gasteiger partial charge >= 0.3 is 0 Å². The van der Waals surface area contributed by atoms with Gasteiger partial charge in [0.2, 0.25) is 0 Å². The lowest BCUT2D eigenvalue weighted by Gasteiger charge is -2.44. The number of halogens is 1. The van der Waals surface area contributed by atoms with Gasteiger partial charge in [-0.1, -0.05) is 34.8 Å². The van der Waals surface area contributed by atoms with Crippen LogP contribution >= 0.6 is 15.9 Å². The van der Waals surface area contributed by atoms with Crippen molar-refractivity contribution in [2.75, 3.05) is 13.2 Å². The molecule has 2 fully saturated rings. The third kappa shape index (κ3) is 2.51. The van der Waals surface area contributed by atoms with E-state index in [-0.39, 0.29) is 18.1 Å². The summed E-state index contributed by atoms with van der Waals surface area (Å²) >= 11 is 3.51. The Hall–Kier alpha value is -0.870. The fourth-order valence-corrected chi connectivity index (χ4v) is 3.71. The molecule has 2 unspecified atom stereocenters. The summed E-state index contributed by atoms with van der Waals surface area (Å²) in [5, 5.41) is 0. The molecular formula is C16H20BrNO2. The summed E-state index contributed by atoms with van der Waals surface area (Å²) in [6.07, 6.45) is 4.83. The van der Waals surface area contributed by atoms with Crippen LogP contribution in [0.1, 0.15) is 41.6 Å². The number of hydrogen-bond donors (Lipinski definition) is 0. The molecule has 3 rings (SSSR count). The third-order valence-corrected chi connectivity index (χ3v) is 5.35. The van der Waals surface area contributed by atoms with Crippen LogP contribution < -0.4 is 0 Å². The number of hydrogen-bond acceptors (Lipinski definition) is 2. The van der Waals surface area contributed by atoms with Gasteiger partial charge in [-0.15, -0.1) is 0 Å². The maximum Gasteiger partial charge on any atom is 0.254 e. The van der Waals surface area contributed by atoms with Gasteiger partial charge in [0.15, 0.2) is 0 Å². The van der Waals surface area contributed by atoms with E-state index < -0.39 is 0 Å². The minimum absolute atomic E-state index is 0.156. The largest absolute Gasteiger partial charge is 0.374 e. The molecule has 0 aromatic heterocycles. The fourth-order valence-electron chi connectivity index (χ4n) is 3.34. The molecule has 1 aliphatic heterocycles. The fraction of sp³-hybridized carbons (Fsp3) is 0.562. The van der Waals surface area contributed by atoms with E-state index in [0.29, 0.717) is 13.2 Å². The molecule has 1 saturated carbocycles. The van der Waals surface area contributed by atoms with Crippen LogP contribution in [0.15, 0.2) is 22.7 Å². The van der Waals surface area contributed by atoms with Gasteiger partial charge in [-0.2, -0.15) is 0 Å². The number of amides is 1. The van der Waals surface area contributed by atoms with E-state index in [1.807, 2.05) is 30.0 Å². The maximum atomic E-state index is 12.9. The van der Waals surface area contributed by atoms with Crippen molar-refractivity contribution >= 4 is 21.8 Å². The van der Waals surface area contributed by atoms with Crippen molar-refractivity contribution in [1.82, 2.24) is 4.90 Å². The first-order valence-corrected chi connectivity index (χ1v) is 8.15. The number of carbonyl (C=O) groups is 1. The Kier molecular flexibility index (Phi) is 4.13. The van der Waals surface area contributed by atoms with Crippen molar-refractivity contribution in [2.24, 2.45) is 0 Å². The third-order valence-electron chi connectivity index (χ3n) is 4.49.